The Hall–Kier alpha value is -1.19. The highest BCUT2D eigenvalue weighted by atomic mass is 16.1. The fraction of sp³-hybridized carbons (Fsp3) is 0.769. The lowest BCUT2D eigenvalue weighted by Crippen LogP contribution is -2.07. The van der Waals surface area contributed by atoms with Crippen molar-refractivity contribution in [3.8, 4) is 0 Å². The first-order valence-corrected chi connectivity index (χ1v) is 6.56. The minimum Gasteiger partial charge on any atom is -0.296 e. The Morgan fingerprint density at radius 1 is 1.35 bits per heavy atom. The van der Waals surface area contributed by atoms with Gasteiger partial charge >= 0.3 is 0 Å². The molecule has 96 valence electrons. The number of carbonyl (C=O) groups excluding carboxylic acids is 1. The summed E-state index contributed by atoms with van der Waals surface area (Å²) in [5.41, 5.74) is 1.52. The van der Waals surface area contributed by atoms with Crippen LogP contribution in [0.3, 0.4) is 0 Å². The number of unbranched alkanes of at least 4 members (excludes halogenated alkanes) is 2. The van der Waals surface area contributed by atoms with Gasteiger partial charge in [-0.2, -0.15) is 0 Å². The minimum atomic E-state index is 0.516. The average Bonchev–Trinajstić information content (AvgIpc) is 2.69. The van der Waals surface area contributed by atoms with Crippen molar-refractivity contribution >= 4 is 6.29 Å². The van der Waals surface area contributed by atoms with Crippen LogP contribution < -0.4 is 0 Å². The summed E-state index contributed by atoms with van der Waals surface area (Å²) in [5.74, 6) is 0.633. The molecule has 4 heteroatoms. The Kier molecular flexibility index (Phi) is 5.87. The Balaban J connectivity index is 2.67. The molecule has 1 aromatic rings. The van der Waals surface area contributed by atoms with Crippen LogP contribution >= 0.6 is 0 Å². The summed E-state index contributed by atoms with van der Waals surface area (Å²) in [6, 6.07) is 0. The van der Waals surface area contributed by atoms with Gasteiger partial charge in [0.1, 0.15) is 5.69 Å². The molecule has 0 aliphatic carbocycles. The van der Waals surface area contributed by atoms with Gasteiger partial charge in [-0.15, -0.1) is 5.10 Å². The van der Waals surface area contributed by atoms with Crippen LogP contribution in [0.15, 0.2) is 0 Å². The molecule has 4 nitrogen and oxygen atoms in total. The number of aldehydes is 1. The largest absolute Gasteiger partial charge is 0.296 e. The van der Waals surface area contributed by atoms with Gasteiger partial charge in [-0.25, -0.2) is 4.68 Å². The average molecular weight is 237 g/mol. The molecule has 0 fully saturated rings. The van der Waals surface area contributed by atoms with Gasteiger partial charge in [-0.3, -0.25) is 4.79 Å². The lowest BCUT2D eigenvalue weighted by atomic mass is 10.1. The summed E-state index contributed by atoms with van der Waals surface area (Å²) in [7, 11) is 0. The smallest absolute Gasteiger partial charge is 0.172 e. The SMILES string of the molecule is CCCCCn1nnc(C=O)c1CCC(C)C. The van der Waals surface area contributed by atoms with E-state index in [1.807, 2.05) is 4.68 Å². The van der Waals surface area contributed by atoms with Crippen molar-refractivity contribution in [1.29, 1.82) is 0 Å². The molecule has 1 aromatic heterocycles. The number of carbonyl (C=O) groups is 1. The molecule has 1 heterocycles. The third-order valence-corrected chi connectivity index (χ3v) is 2.91. The molecule has 1 rings (SSSR count). The Labute approximate surface area is 103 Å². The Bertz CT molecular complexity index is 344. The topological polar surface area (TPSA) is 47.8 Å². The maximum Gasteiger partial charge on any atom is 0.172 e. The highest BCUT2D eigenvalue weighted by Crippen LogP contribution is 2.12. The van der Waals surface area contributed by atoms with E-state index in [1.54, 1.807) is 0 Å². The summed E-state index contributed by atoms with van der Waals surface area (Å²) in [6.45, 7) is 7.43. The van der Waals surface area contributed by atoms with Crippen molar-refractivity contribution in [2.24, 2.45) is 5.92 Å². The van der Waals surface area contributed by atoms with Gasteiger partial charge in [0.25, 0.3) is 0 Å². The molecule has 0 saturated heterocycles. The fourth-order valence-electron chi connectivity index (χ4n) is 1.81. The van der Waals surface area contributed by atoms with E-state index >= 15 is 0 Å². The molecule has 0 aromatic carbocycles. The second-order valence-corrected chi connectivity index (χ2v) is 4.90. The van der Waals surface area contributed by atoms with E-state index in [0.29, 0.717) is 11.6 Å². The molecule has 0 radical (unpaired) electrons. The van der Waals surface area contributed by atoms with Crippen LogP contribution in [0.2, 0.25) is 0 Å². The van der Waals surface area contributed by atoms with E-state index in [9.17, 15) is 4.79 Å². The number of rotatable bonds is 8. The first-order chi connectivity index (χ1) is 8.19. The molecule has 0 unspecified atom stereocenters. The summed E-state index contributed by atoms with van der Waals surface area (Å²) >= 11 is 0. The highest BCUT2D eigenvalue weighted by Gasteiger charge is 2.12. The van der Waals surface area contributed by atoms with Crippen LogP contribution in [0.1, 0.15) is 62.6 Å². The second-order valence-electron chi connectivity index (χ2n) is 4.90. The van der Waals surface area contributed by atoms with Crippen molar-refractivity contribution in [3.05, 3.63) is 11.4 Å². The molecule has 0 N–H and O–H groups in total. The van der Waals surface area contributed by atoms with Crippen LogP contribution in [-0.4, -0.2) is 21.3 Å². The van der Waals surface area contributed by atoms with Gasteiger partial charge in [0.05, 0.1) is 5.69 Å². The van der Waals surface area contributed by atoms with Crippen molar-refractivity contribution in [2.45, 2.75) is 59.4 Å². The number of aryl methyl sites for hydroxylation is 1. The molecular formula is C13H23N3O. The third-order valence-electron chi connectivity index (χ3n) is 2.91. The molecule has 0 atom stereocenters. The van der Waals surface area contributed by atoms with E-state index in [4.69, 9.17) is 0 Å². The fourth-order valence-corrected chi connectivity index (χ4v) is 1.81. The number of hydrogen-bond acceptors (Lipinski definition) is 3. The molecule has 0 saturated carbocycles. The lowest BCUT2D eigenvalue weighted by Gasteiger charge is -2.08. The zero-order valence-corrected chi connectivity index (χ0v) is 11.1. The summed E-state index contributed by atoms with van der Waals surface area (Å²) in [4.78, 5) is 10.9. The van der Waals surface area contributed by atoms with Crippen LogP contribution in [0.25, 0.3) is 0 Å². The number of nitrogens with zero attached hydrogens (tertiary/aromatic N) is 3. The zero-order chi connectivity index (χ0) is 12.7. The van der Waals surface area contributed by atoms with E-state index < -0.39 is 0 Å². The van der Waals surface area contributed by atoms with Crippen molar-refractivity contribution in [3.63, 3.8) is 0 Å². The normalized spacial score (nSPS) is 11.1. The van der Waals surface area contributed by atoms with Crippen molar-refractivity contribution < 1.29 is 4.79 Å². The zero-order valence-electron chi connectivity index (χ0n) is 11.1. The maximum atomic E-state index is 10.9. The lowest BCUT2D eigenvalue weighted by molar-refractivity contribution is 0.111. The van der Waals surface area contributed by atoms with Gasteiger partial charge < -0.3 is 0 Å². The second kappa shape index (κ2) is 7.20. The molecule has 17 heavy (non-hydrogen) atoms. The van der Waals surface area contributed by atoms with Gasteiger partial charge in [0.15, 0.2) is 6.29 Å². The van der Waals surface area contributed by atoms with Crippen LogP contribution in [0, 0.1) is 5.92 Å². The highest BCUT2D eigenvalue weighted by molar-refractivity contribution is 5.73. The van der Waals surface area contributed by atoms with Crippen molar-refractivity contribution in [2.75, 3.05) is 0 Å². The molecular weight excluding hydrogens is 214 g/mol. The summed E-state index contributed by atoms with van der Waals surface area (Å²) < 4.78 is 1.90. The van der Waals surface area contributed by atoms with Crippen LogP contribution in [0.5, 0.6) is 0 Å². The quantitative estimate of drug-likeness (QED) is 0.516. The van der Waals surface area contributed by atoms with E-state index in [1.165, 1.54) is 12.8 Å². The van der Waals surface area contributed by atoms with Crippen LogP contribution in [0.4, 0.5) is 0 Å². The van der Waals surface area contributed by atoms with E-state index in [0.717, 1.165) is 37.8 Å². The predicted octanol–water partition coefficient (Wildman–Crippen LogP) is 2.87. The summed E-state index contributed by atoms with van der Waals surface area (Å²) in [6.07, 6.45) is 6.27. The molecule has 0 bridgehead atoms. The molecule has 0 spiro atoms. The van der Waals surface area contributed by atoms with E-state index in [2.05, 4.69) is 31.1 Å². The molecule has 0 amide bonds. The predicted molar refractivity (Wildman–Crippen MR) is 68.1 cm³/mol. The first kappa shape index (κ1) is 13.9. The number of aromatic nitrogens is 3. The summed E-state index contributed by atoms with van der Waals surface area (Å²) in [5, 5.41) is 8.01. The Morgan fingerprint density at radius 3 is 2.71 bits per heavy atom. The number of hydrogen-bond donors (Lipinski definition) is 0. The van der Waals surface area contributed by atoms with Gasteiger partial charge in [0, 0.05) is 6.54 Å². The maximum absolute atomic E-state index is 10.9. The van der Waals surface area contributed by atoms with Crippen LogP contribution in [-0.2, 0) is 13.0 Å². The minimum absolute atomic E-state index is 0.516. The standard InChI is InChI=1S/C13H23N3O/c1-4-5-6-9-16-13(8-7-11(2)3)12(10-17)14-15-16/h10-11H,4-9H2,1-3H3. The van der Waals surface area contributed by atoms with Gasteiger partial charge in [-0.05, 0) is 25.2 Å². The van der Waals surface area contributed by atoms with E-state index in [-0.39, 0.29) is 0 Å². The molecule has 0 aliphatic rings. The van der Waals surface area contributed by atoms with Gasteiger partial charge in [0.2, 0.25) is 0 Å². The monoisotopic (exact) mass is 237 g/mol. The third kappa shape index (κ3) is 4.29. The van der Waals surface area contributed by atoms with Gasteiger partial charge in [-0.1, -0.05) is 38.8 Å². The molecule has 0 aliphatic heterocycles. The first-order valence-electron chi connectivity index (χ1n) is 6.56. The van der Waals surface area contributed by atoms with Crippen molar-refractivity contribution in [1.82, 2.24) is 15.0 Å². The Morgan fingerprint density at radius 2 is 2.12 bits per heavy atom.